The standard InChI is InChI=1S/C13H16N2O/c1-9-5-6-15-8-11(14-13(15)7-9)12-4-3-10(2)16-12/h3-4,8-9H,5-7H2,1-2H3/t9-/m1/s1. The summed E-state index contributed by atoms with van der Waals surface area (Å²) in [7, 11) is 0. The molecule has 0 aromatic carbocycles. The van der Waals surface area contributed by atoms with Gasteiger partial charge in [0.1, 0.15) is 17.3 Å². The third-order valence-corrected chi connectivity index (χ3v) is 3.25. The fraction of sp³-hybridized carbons (Fsp3) is 0.462. The van der Waals surface area contributed by atoms with E-state index < -0.39 is 0 Å². The van der Waals surface area contributed by atoms with Gasteiger partial charge in [0.15, 0.2) is 5.76 Å². The Labute approximate surface area is 95.1 Å². The van der Waals surface area contributed by atoms with E-state index >= 15 is 0 Å². The molecule has 0 saturated heterocycles. The van der Waals surface area contributed by atoms with Crippen LogP contribution in [0.15, 0.2) is 22.7 Å². The van der Waals surface area contributed by atoms with Crippen molar-refractivity contribution in [2.75, 3.05) is 0 Å². The summed E-state index contributed by atoms with van der Waals surface area (Å²) in [6.45, 7) is 5.33. The number of imidazole rings is 1. The summed E-state index contributed by atoms with van der Waals surface area (Å²) >= 11 is 0. The van der Waals surface area contributed by atoms with Gasteiger partial charge in [0.25, 0.3) is 0 Å². The Bertz CT molecular complexity index is 510. The molecule has 0 radical (unpaired) electrons. The quantitative estimate of drug-likeness (QED) is 0.733. The Morgan fingerprint density at radius 1 is 1.44 bits per heavy atom. The molecule has 0 bridgehead atoms. The van der Waals surface area contributed by atoms with Gasteiger partial charge in [0.05, 0.1) is 0 Å². The molecule has 16 heavy (non-hydrogen) atoms. The van der Waals surface area contributed by atoms with Crippen molar-refractivity contribution < 1.29 is 4.42 Å². The number of aryl methyl sites for hydroxylation is 2. The van der Waals surface area contributed by atoms with Crippen LogP contribution in [0.5, 0.6) is 0 Å². The number of hydrogen-bond acceptors (Lipinski definition) is 2. The zero-order valence-electron chi connectivity index (χ0n) is 9.73. The van der Waals surface area contributed by atoms with E-state index in [-0.39, 0.29) is 0 Å². The largest absolute Gasteiger partial charge is 0.460 e. The predicted molar refractivity (Wildman–Crippen MR) is 62.2 cm³/mol. The molecule has 3 heteroatoms. The summed E-state index contributed by atoms with van der Waals surface area (Å²) in [5.41, 5.74) is 0.970. The second-order valence-electron chi connectivity index (χ2n) is 4.74. The predicted octanol–water partition coefficient (Wildman–Crippen LogP) is 3.03. The van der Waals surface area contributed by atoms with Crippen molar-refractivity contribution >= 4 is 0 Å². The average molecular weight is 216 g/mol. The lowest BCUT2D eigenvalue weighted by molar-refractivity contribution is 0.409. The van der Waals surface area contributed by atoms with E-state index in [0.717, 1.165) is 36.1 Å². The Morgan fingerprint density at radius 3 is 3.06 bits per heavy atom. The molecule has 1 atom stereocenters. The Hall–Kier alpha value is -1.51. The summed E-state index contributed by atoms with van der Waals surface area (Å²) in [6.07, 6.45) is 4.44. The van der Waals surface area contributed by atoms with Crippen LogP contribution in [0.25, 0.3) is 11.5 Å². The SMILES string of the molecule is Cc1ccc(-c2cn3c(n2)C[C@H](C)CC3)o1. The van der Waals surface area contributed by atoms with Gasteiger partial charge in [-0.3, -0.25) is 0 Å². The van der Waals surface area contributed by atoms with Crippen LogP contribution in [0.4, 0.5) is 0 Å². The maximum atomic E-state index is 5.60. The summed E-state index contributed by atoms with van der Waals surface area (Å²) < 4.78 is 7.86. The third kappa shape index (κ3) is 1.56. The first-order valence-corrected chi connectivity index (χ1v) is 5.85. The molecule has 3 heterocycles. The lowest BCUT2D eigenvalue weighted by atomic mass is 10.0. The Kier molecular flexibility index (Phi) is 2.13. The molecule has 0 unspecified atom stereocenters. The van der Waals surface area contributed by atoms with E-state index in [9.17, 15) is 0 Å². The first kappa shape index (κ1) is 9.70. The monoisotopic (exact) mass is 216 g/mol. The zero-order chi connectivity index (χ0) is 11.1. The molecule has 0 fully saturated rings. The molecule has 0 spiro atoms. The third-order valence-electron chi connectivity index (χ3n) is 3.25. The van der Waals surface area contributed by atoms with Crippen molar-refractivity contribution in [3.63, 3.8) is 0 Å². The van der Waals surface area contributed by atoms with Crippen molar-refractivity contribution in [3.8, 4) is 11.5 Å². The topological polar surface area (TPSA) is 31.0 Å². The van der Waals surface area contributed by atoms with Crippen molar-refractivity contribution in [1.29, 1.82) is 0 Å². The number of aromatic nitrogens is 2. The van der Waals surface area contributed by atoms with Crippen LogP contribution in [0.1, 0.15) is 24.9 Å². The number of rotatable bonds is 1. The van der Waals surface area contributed by atoms with E-state index in [0.29, 0.717) is 0 Å². The minimum Gasteiger partial charge on any atom is -0.460 e. The number of fused-ring (bicyclic) bond motifs is 1. The lowest BCUT2D eigenvalue weighted by Crippen LogP contribution is -2.16. The molecule has 0 aliphatic carbocycles. The lowest BCUT2D eigenvalue weighted by Gasteiger charge is -2.18. The van der Waals surface area contributed by atoms with Crippen LogP contribution in [0.3, 0.4) is 0 Å². The van der Waals surface area contributed by atoms with E-state index in [2.05, 4.69) is 22.7 Å². The van der Waals surface area contributed by atoms with Gasteiger partial charge in [0.2, 0.25) is 0 Å². The van der Waals surface area contributed by atoms with Crippen LogP contribution < -0.4 is 0 Å². The molecule has 2 aromatic rings. The fourth-order valence-electron chi connectivity index (χ4n) is 2.27. The van der Waals surface area contributed by atoms with Crippen LogP contribution in [0.2, 0.25) is 0 Å². The zero-order valence-corrected chi connectivity index (χ0v) is 9.73. The van der Waals surface area contributed by atoms with Gasteiger partial charge in [-0.05, 0) is 31.4 Å². The Morgan fingerprint density at radius 2 is 2.31 bits per heavy atom. The molecular weight excluding hydrogens is 200 g/mol. The van der Waals surface area contributed by atoms with E-state index in [1.165, 1.54) is 12.2 Å². The van der Waals surface area contributed by atoms with Crippen LogP contribution in [-0.4, -0.2) is 9.55 Å². The minimum atomic E-state index is 0.751. The highest BCUT2D eigenvalue weighted by Crippen LogP contribution is 2.25. The minimum absolute atomic E-state index is 0.751. The van der Waals surface area contributed by atoms with Gasteiger partial charge in [-0.2, -0.15) is 0 Å². The average Bonchev–Trinajstić information content (AvgIpc) is 2.83. The summed E-state index contributed by atoms with van der Waals surface area (Å²) in [5.74, 6) is 3.77. The van der Waals surface area contributed by atoms with Gasteiger partial charge in [-0.25, -0.2) is 4.98 Å². The molecule has 1 aliphatic heterocycles. The molecule has 84 valence electrons. The molecular formula is C13H16N2O. The van der Waals surface area contributed by atoms with Gasteiger partial charge >= 0.3 is 0 Å². The van der Waals surface area contributed by atoms with Gasteiger partial charge in [0, 0.05) is 19.2 Å². The van der Waals surface area contributed by atoms with Crippen LogP contribution in [-0.2, 0) is 13.0 Å². The van der Waals surface area contributed by atoms with Gasteiger partial charge < -0.3 is 8.98 Å². The second-order valence-corrected chi connectivity index (χ2v) is 4.74. The highest BCUT2D eigenvalue weighted by Gasteiger charge is 2.18. The maximum absolute atomic E-state index is 5.60. The number of furan rings is 1. The molecule has 2 aromatic heterocycles. The summed E-state index contributed by atoms with van der Waals surface area (Å²) in [6, 6.07) is 3.98. The first-order valence-electron chi connectivity index (χ1n) is 5.85. The number of nitrogens with zero attached hydrogens (tertiary/aromatic N) is 2. The van der Waals surface area contributed by atoms with Crippen molar-refractivity contribution in [2.24, 2.45) is 5.92 Å². The number of hydrogen-bond donors (Lipinski definition) is 0. The van der Waals surface area contributed by atoms with E-state index in [1.807, 2.05) is 19.1 Å². The summed E-state index contributed by atoms with van der Waals surface area (Å²) in [5, 5.41) is 0. The Balaban J connectivity index is 1.98. The molecule has 1 aliphatic rings. The molecule has 3 rings (SSSR count). The second kappa shape index (κ2) is 3.51. The molecule has 3 nitrogen and oxygen atoms in total. The van der Waals surface area contributed by atoms with Gasteiger partial charge in [-0.1, -0.05) is 6.92 Å². The van der Waals surface area contributed by atoms with Gasteiger partial charge in [-0.15, -0.1) is 0 Å². The van der Waals surface area contributed by atoms with E-state index in [1.54, 1.807) is 0 Å². The van der Waals surface area contributed by atoms with Crippen molar-refractivity contribution in [3.05, 3.63) is 29.9 Å². The smallest absolute Gasteiger partial charge is 0.154 e. The summed E-state index contributed by atoms with van der Waals surface area (Å²) in [4.78, 5) is 4.65. The molecule has 0 N–H and O–H groups in total. The first-order chi connectivity index (χ1) is 7.72. The maximum Gasteiger partial charge on any atom is 0.154 e. The molecule has 0 saturated carbocycles. The normalized spacial score (nSPS) is 19.8. The van der Waals surface area contributed by atoms with Crippen molar-refractivity contribution in [2.45, 2.75) is 33.2 Å². The highest BCUT2D eigenvalue weighted by atomic mass is 16.3. The van der Waals surface area contributed by atoms with Crippen LogP contribution >= 0.6 is 0 Å². The van der Waals surface area contributed by atoms with E-state index in [4.69, 9.17) is 4.42 Å². The molecule has 0 amide bonds. The highest BCUT2D eigenvalue weighted by molar-refractivity contribution is 5.51. The van der Waals surface area contributed by atoms with Crippen LogP contribution in [0, 0.1) is 12.8 Å². The van der Waals surface area contributed by atoms with Crippen molar-refractivity contribution in [1.82, 2.24) is 9.55 Å². The fourth-order valence-corrected chi connectivity index (χ4v) is 2.27.